The molecule has 0 aromatic heterocycles. The molecule has 1 atom stereocenters. The fraction of sp³-hybridized carbons (Fsp3) is 0.909. The third-order valence-corrected chi connectivity index (χ3v) is 2.48. The second kappa shape index (κ2) is 6.80. The molecule has 0 saturated heterocycles. The summed E-state index contributed by atoms with van der Waals surface area (Å²) >= 11 is 0. The molecule has 0 aliphatic carbocycles. The van der Waals surface area contributed by atoms with Crippen molar-refractivity contribution in [3.05, 3.63) is 0 Å². The van der Waals surface area contributed by atoms with Crippen LogP contribution in [0, 0.1) is 5.41 Å². The van der Waals surface area contributed by atoms with Gasteiger partial charge in [-0.25, -0.2) is 0 Å². The van der Waals surface area contributed by atoms with Crippen molar-refractivity contribution < 1.29 is 9.90 Å². The van der Waals surface area contributed by atoms with Crippen molar-refractivity contribution >= 4 is 5.97 Å². The predicted octanol–water partition coefficient (Wildman–Crippen LogP) is 1.20. The van der Waals surface area contributed by atoms with E-state index < -0.39 is 12.0 Å². The number of carboxylic acid groups (broad SMARTS) is 1. The quantitative estimate of drug-likeness (QED) is 0.533. The standard InChI is InChI=1S/C11H24N2O2/c1-4-6-11(2,3)8-13-7-5-9(12)10(14)15/h9,13H,4-8,12H2,1-3H3,(H,14,15). The number of carboxylic acids is 1. The minimum absolute atomic E-state index is 0.280. The van der Waals surface area contributed by atoms with Crippen LogP contribution in [-0.2, 0) is 4.79 Å². The Hall–Kier alpha value is -0.610. The van der Waals surface area contributed by atoms with E-state index in [-0.39, 0.29) is 5.41 Å². The van der Waals surface area contributed by atoms with Crippen LogP contribution in [0.3, 0.4) is 0 Å². The van der Waals surface area contributed by atoms with Gasteiger partial charge in [-0.3, -0.25) is 4.79 Å². The maximum absolute atomic E-state index is 10.4. The van der Waals surface area contributed by atoms with E-state index in [1.165, 1.54) is 12.8 Å². The Morgan fingerprint density at radius 3 is 2.60 bits per heavy atom. The average molecular weight is 216 g/mol. The molecule has 4 N–H and O–H groups in total. The first kappa shape index (κ1) is 14.4. The monoisotopic (exact) mass is 216 g/mol. The Bertz CT molecular complexity index is 193. The van der Waals surface area contributed by atoms with Crippen LogP contribution in [0.5, 0.6) is 0 Å². The average Bonchev–Trinajstić information content (AvgIpc) is 2.11. The van der Waals surface area contributed by atoms with Crippen LogP contribution in [0.1, 0.15) is 40.0 Å². The molecule has 0 rings (SSSR count). The lowest BCUT2D eigenvalue weighted by Crippen LogP contribution is -2.36. The largest absolute Gasteiger partial charge is 0.480 e. The van der Waals surface area contributed by atoms with Crippen molar-refractivity contribution in [1.29, 1.82) is 0 Å². The first-order valence-corrected chi connectivity index (χ1v) is 5.58. The zero-order valence-electron chi connectivity index (χ0n) is 10.0. The Morgan fingerprint density at radius 1 is 1.53 bits per heavy atom. The smallest absolute Gasteiger partial charge is 0.320 e. The van der Waals surface area contributed by atoms with Gasteiger partial charge in [-0.05, 0) is 24.8 Å². The summed E-state index contributed by atoms with van der Waals surface area (Å²) in [6, 6.07) is -0.744. The summed E-state index contributed by atoms with van der Waals surface area (Å²) in [6.07, 6.45) is 2.83. The molecule has 0 aromatic rings. The van der Waals surface area contributed by atoms with E-state index in [0.29, 0.717) is 13.0 Å². The lowest BCUT2D eigenvalue weighted by Gasteiger charge is -2.24. The Labute approximate surface area is 92.2 Å². The Morgan fingerprint density at radius 2 is 2.13 bits per heavy atom. The van der Waals surface area contributed by atoms with Crippen LogP contribution >= 0.6 is 0 Å². The van der Waals surface area contributed by atoms with E-state index in [1.807, 2.05) is 0 Å². The molecule has 0 heterocycles. The summed E-state index contributed by atoms with van der Waals surface area (Å²) in [7, 11) is 0. The van der Waals surface area contributed by atoms with Crippen molar-refractivity contribution in [2.45, 2.75) is 46.1 Å². The van der Waals surface area contributed by atoms with Gasteiger partial charge in [-0.15, -0.1) is 0 Å². The maximum atomic E-state index is 10.4. The highest BCUT2D eigenvalue weighted by Crippen LogP contribution is 2.20. The topological polar surface area (TPSA) is 75.3 Å². The van der Waals surface area contributed by atoms with Crippen LogP contribution in [0.2, 0.25) is 0 Å². The van der Waals surface area contributed by atoms with E-state index in [4.69, 9.17) is 10.8 Å². The molecule has 0 bridgehead atoms. The molecule has 0 aliphatic heterocycles. The van der Waals surface area contributed by atoms with Gasteiger partial charge in [0.25, 0.3) is 0 Å². The van der Waals surface area contributed by atoms with Gasteiger partial charge in [0.2, 0.25) is 0 Å². The normalized spacial score (nSPS) is 13.9. The van der Waals surface area contributed by atoms with Crippen LogP contribution in [0.15, 0.2) is 0 Å². The lowest BCUT2D eigenvalue weighted by atomic mass is 9.88. The number of hydrogen-bond acceptors (Lipinski definition) is 3. The fourth-order valence-corrected chi connectivity index (χ4v) is 1.57. The first-order chi connectivity index (χ1) is 6.89. The molecule has 15 heavy (non-hydrogen) atoms. The summed E-state index contributed by atoms with van der Waals surface area (Å²) in [5.41, 5.74) is 5.67. The lowest BCUT2D eigenvalue weighted by molar-refractivity contribution is -0.138. The van der Waals surface area contributed by atoms with E-state index in [1.54, 1.807) is 0 Å². The van der Waals surface area contributed by atoms with E-state index in [0.717, 1.165) is 6.54 Å². The van der Waals surface area contributed by atoms with Gasteiger partial charge in [0.1, 0.15) is 6.04 Å². The second-order valence-electron chi connectivity index (χ2n) is 4.82. The van der Waals surface area contributed by atoms with Crippen molar-refractivity contribution in [2.24, 2.45) is 11.1 Å². The number of nitrogens with two attached hydrogens (primary N) is 1. The highest BCUT2D eigenvalue weighted by atomic mass is 16.4. The van der Waals surface area contributed by atoms with Crippen LogP contribution in [0.25, 0.3) is 0 Å². The molecule has 1 unspecified atom stereocenters. The van der Waals surface area contributed by atoms with Crippen molar-refractivity contribution in [2.75, 3.05) is 13.1 Å². The summed E-state index contributed by atoms with van der Waals surface area (Å²) in [5.74, 6) is -0.926. The number of nitrogens with one attached hydrogen (secondary N) is 1. The van der Waals surface area contributed by atoms with Crippen LogP contribution in [0.4, 0.5) is 0 Å². The number of hydrogen-bond donors (Lipinski definition) is 3. The first-order valence-electron chi connectivity index (χ1n) is 5.58. The molecule has 4 heteroatoms. The minimum Gasteiger partial charge on any atom is -0.480 e. The highest BCUT2D eigenvalue weighted by Gasteiger charge is 2.16. The van der Waals surface area contributed by atoms with E-state index >= 15 is 0 Å². The molecule has 0 saturated carbocycles. The predicted molar refractivity (Wildman–Crippen MR) is 61.8 cm³/mol. The van der Waals surface area contributed by atoms with E-state index in [9.17, 15) is 4.79 Å². The summed E-state index contributed by atoms with van der Waals surface area (Å²) < 4.78 is 0. The maximum Gasteiger partial charge on any atom is 0.320 e. The molecule has 0 aromatic carbocycles. The van der Waals surface area contributed by atoms with Crippen LogP contribution < -0.4 is 11.1 Å². The second-order valence-corrected chi connectivity index (χ2v) is 4.82. The van der Waals surface area contributed by atoms with Crippen molar-refractivity contribution in [3.8, 4) is 0 Å². The molecule has 4 nitrogen and oxygen atoms in total. The van der Waals surface area contributed by atoms with Crippen molar-refractivity contribution in [3.63, 3.8) is 0 Å². The molecule has 0 fully saturated rings. The molecular formula is C11H24N2O2. The summed E-state index contributed by atoms with van der Waals surface area (Å²) in [5, 5.41) is 11.8. The van der Waals surface area contributed by atoms with Gasteiger partial charge in [0.15, 0.2) is 0 Å². The molecule has 0 spiro atoms. The zero-order valence-corrected chi connectivity index (χ0v) is 10.0. The van der Waals surface area contributed by atoms with Crippen molar-refractivity contribution in [1.82, 2.24) is 5.32 Å². The zero-order chi connectivity index (χ0) is 11.9. The third kappa shape index (κ3) is 7.33. The molecule has 0 aliphatic rings. The Kier molecular flexibility index (Phi) is 6.52. The van der Waals surface area contributed by atoms with Gasteiger partial charge in [0, 0.05) is 6.54 Å². The van der Waals surface area contributed by atoms with Gasteiger partial charge in [-0.1, -0.05) is 27.2 Å². The third-order valence-electron chi connectivity index (χ3n) is 2.48. The van der Waals surface area contributed by atoms with Crippen LogP contribution in [-0.4, -0.2) is 30.2 Å². The molecule has 0 radical (unpaired) electrons. The Balaban J connectivity index is 3.58. The van der Waals surface area contributed by atoms with E-state index in [2.05, 4.69) is 26.1 Å². The number of carbonyl (C=O) groups is 1. The van der Waals surface area contributed by atoms with Gasteiger partial charge >= 0.3 is 5.97 Å². The fourth-order valence-electron chi connectivity index (χ4n) is 1.57. The SMILES string of the molecule is CCCC(C)(C)CNCCC(N)C(=O)O. The number of aliphatic carboxylic acids is 1. The van der Waals surface area contributed by atoms with Gasteiger partial charge in [0.05, 0.1) is 0 Å². The summed E-state index contributed by atoms with van der Waals surface area (Å²) in [6.45, 7) is 8.16. The minimum atomic E-state index is -0.926. The number of rotatable bonds is 8. The molecule has 0 amide bonds. The molecule has 90 valence electrons. The summed E-state index contributed by atoms with van der Waals surface area (Å²) in [4.78, 5) is 10.4. The van der Waals surface area contributed by atoms with Gasteiger partial charge < -0.3 is 16.2 Å². The van der Waals surface area contributed by atoms with Gasteiger partial charge in [-0.2, -0.15) is 0 Å². The highest BCUT2D eigenvalue weighted by molar-refractivity contribution is 5.72. The molecular weight excluding hydrogens is 192 g/mol.